The first kappa shape index (κ1) is 11.5. The number of aliphatic carboxylic acids is 1. The normalized spacial score (nSPS) is 29.9. The van der Waals surface area contributed by atoms with Crippen LogP contribution in [0.15, 0.2) is 0 Å². The Morgan fingerprint density at radius 2 is 2.29 bits per heavy atom. The molecule has 3 atom stereocenters. The van der Waals surface area contributed by atoms with E-state index in [9.17, 15) is 4.79 Å². The summed E-state index contributed by atoms with van der Waals surface area (Å²) >= 11 is 0. The smallest absolute Gasteiger partial charge is 0.332 e. The van der Waals surface area contributed by atoms with Gasteiger partial charge in [-0.15, -0.1) is 0 Å². The zero-order valence-electron chi connectivity index (χ0n) is 9.03. The van der Waals surface area contributed by atoms with E-state index < -0.39 is 12.1 Å². The molecular formula is C11H20O3. The second-order valence-corrected chi connectivity index (χ2v) is 4.26. The molecule has 3 heteroatoms. The Balaban J connectivity index is 2.37. The van der Waals surface area contributed by atoms with Crippen LogP contribution < -0.4 is 0 Å². The van der Waals surface area contributed by atoms with Crippen LogP contribution in [-0.4, -0.2) is 23.3 Å². The van der Waals surface area contributed by atoms with Gasteiger partial charge in [-0.05, 0) is 25.2 Å². The van der Waals surface area contributed by atoms with Crippen molar-refractivity contribution in [2.24, 2.45) is 5.92 Å². The Morgan fingerprint density at radius 3 is 2.79 bits per heavy atom. The highest BCUT2D eigenvalue weighted by atomic mass is 16.5. The van der Waals surface area contributed by atoms with Crippen LogP contribution in [0.2, 0.25) is 0 Å². The van der Waals surface area contributed by atoms with Crippen molar-refractivity contribution in [3.63, 3.8) is 0 Å². The molecule has 1 N–H and O–H groups in total. The monoisotopic (exact) mass is 200 g/mol. The maximum absolute atomic E-state index is 10.8. The van der Waals surface area contributed by atoms with Gasteiger partial charge in [-0.25, -0.2) is 4.79 Å². The molecule has 1 aliphatic carbocycles. The Labute approximate surface area is 85.5 Å². The molecule has 0 spiro atoms. The summed E-state index contributed by atoms with van der Waals surface area (Å²) in [5.41, 5.74) is 0. The van der Waals surface area contributed by atoms with Gasteiger partial charge in [-0.2, -0.15) is 0 Å². The fraction of sp³-hybridized carbons (Fsp3) is 0.909. The summed E-state index contributed by atoms with van der Waals surface area (Å²) in [7, 11) is 0. The molecule has 82 valence electrons. The van der Waals surface area contributed by atoms with Crippen molar-refractivity contribution in [3.8, 4) is 0 Å². The average Bonchev–Trinajstić information content (AvgIpc) is 2.14. The lowest BCUT2D eigenvalue weighted by Gasteiger charge is -2.28. The van der Waals surface area contributed by atoms with E-state index in [1.807, 2.05) is 6.92 Å². The summed E-state index contributed by atoms with van der Waals surface area (Å²) in [6.45, 7) is 4.06. The van der Waals surface area contributed by atoms with Crippen molar-refractivity contribution >= 4 is 5.97 Å². The maximum atomic E-state index is 10.8. The highest BCUT2D eigenvalue weighted by Crippen LogP contribution is 2.26. The van der Waals surface area contributed by atoms with E-state index in [4.69, 9.17) is 9.84 Å². The molecule has 0 heterocycles. The van der Waals surface area contributed by atoms with Crippen LogP contribution in [0.3, 0.4) is 0 Å². The van der Waals surface area contributed by atoms with E-state index in [2.05, 4.69) is 6.92 Å². The number of hydrogen-bond donors (Lipinski definition) is 1. The summed E-state index contributed by atoms with van der Waals surface area (Å²) in [6, 6.07) is 0. The van der Waals surface area contributed by atoms with Crippen LogP contribution in [0.4, 0.5) is 0 Å². The minimum atomic E-state index is -0.828. The molecule has 0 aliphatic heterocycles. The van der Waals surface area contributed by atoms with Gasteiger partial charge in [0.1, 0.15) is 0 Å². The molecule has 0 radical (unpaired) electrons. The lowest BCUT2D eigenvalue weighted by molar-refractivity contribution is -0.156. The Bertz CT molecular complexity index is 191. The van der Waals surface area contributed by atoms with Gasteiger partial charge < -0.3 is 9.84 Å². The summed E-state index contributed by atoms with van der Waals surface area (Å²) in [4.78, 5) is 10.8. The van der Waals surface area contributed by atoms with Gasteiger partial charge in [0.25, 0.3) is 0 Å². The van der Waals surface area contributed by atoms with Crippen LogP contribution in [0.25, 0.3) is 0 Å². The van der Waals surface area contributed by atoms with Crippen molar-refractivity contribution in [2.45, 2.75) is 58.2 Å². The zero-order valence-corrected chi connectivity index (χ0v) is 9.03. The third-order valence-electron chi connectivity index (χ3n) is 2.89. The van der Waals surface area contributed by atoms with E-state index in [-0.39, 0.29) is 6.10 Å². The van der Waals surface area contributed by atoms with Crippen LogP contribution in [0.5, 0.6) is 0 Å². The van der Waals surface area contributed by atoms with Crippen LogP contribution in [0, 0.1) is 5.92 Å². The SMILES string of the molecule is CC[C@@H](O[C@H]1CCC[C@H](C)C1)C(=O)O. The molecule has 0 amide bonds. The molecule has 0 aromatic heterocycles. The standard InChI is InChI=1S/C11H20O3/c1-3-10(11(12)13)14-9-6-4-5-8(2)7-9/h8-10H,3-7H2,1-2H3,(H,12,13)/t8-,9-,10+/m0/s1. The maximum Gasteiger partial charge on any atom is 0.332 e. The quantitative estimate of drug-likeness (QED) is 0.758. The number of rotatable bonds is 4. The fourth-order valence-corrected chi connectivity index (χ4v) is 2.06. The first-order chi connectivity index (χ1) is 6.63. The van der Waals surface area contributed by atoms with Crippen molar-refractivity contribution in [1.82, 2.24) is 0 Å². The summed E-state index contributed by atoms with van der Waals surface area (Å²) in [5.74, 6) is -0.147. The van der Waals surface area contributed by atoms with Crippen molar-refractivity contribution in [1.29, 1.82) is 0 Å². The molecule has 1 rings (SSSR count). The molecule has 0 unspecified atom stereocenters. The molecule has 0 aromatic rings. The van der Waals surface area contributed by atoms with Crippen molar-refractivity contribution in [2.75, 3.05) is 0 Å². The van der Waals surface area contributed by atoms with E-state index in [1.54, 1.807) is 0 Å². The average molecular weight is 200 g/mol. The van der Waals surface area contributed by atoms with Crippen molar-refractivity contribution < 1.29 is 14.6 Å². The Hall–Kier alpha value is -0.570. The summed E-state index contributed by atoms with van der Waals surface area (Å²) in [5, 5.41) is 8.84. The predicted octanol–water partition coefficient (Wildman–Crippen LogP) is 2.44. The van der Waals surface area contributed by atoms with Crippen LogP contribution in [0.1, 0.15) is 46.0 Å². The number of hydrogen-bond acceptors (Lipinski definition) is 2. The number of carboxylic acid groups (broad SMARTS) is 1. The third kappa shape index (κ3) is 3.29. The van der Waals surface area contributed by atoms with Gasteiger partial charge in [0.15, 0.2) is 6.10 Å². The molecule has 0 saturated heterocycles. The van der Waals surface area contributed by atoms with Crippen LogP contribution in [-0.2, 0) is 9.53 Å². The van der Waals surface area contributed by atoms with Gasteiger partial charge in [0.2, 0.25) is 0 Å². The third-order valence-corrected chi connectivity index (χ3v) is 2.89. The number of ether oxygens (including phenoxy) is 1. The van der Waals surface area contributed by atoms with Gasteiger partial charge in [-0.3, -0.25) is 0 Å². The molecule has 1 aliphatic rings. The number of carboxylic acids is 1. The highest BCUT2D eigenvalue weighted by Gasteiger charge is 2.25. The number of carbonyl (C=O) groups is 1. The van der Waals surface area contributed by atoms with Gasteiger partial charge >= 0.3 is 5.97 Å². The van der Waals surface area contributed by atoms with E-state index in [0.717, 1.165) is 12.8 Å². The van der Waals surface area contributed by atoms with Gasteiger partial charge in [-0.1, -0.05) is 26.7 Å². The minimum absolute atomic E-state index is 0.166. The predicted molar refractivity (Wildman–Crippen MR) is 54.2 cm³/mol. The second kappa shape index (κ2) is 5.35. The molecule has 0 aromatic carbocycles. The van der Waals surface area contributed by atoms with Crippen LogP contribution >= 0.6 is 0 Å². The molecule has 14 heavy (non-hydrogen) atoms. The molecule has 0 bridgehead atoms. The molecule has 1 fully saturated rings. The molecular weight excluding hydrogens is 180 g/mol. The topological polar surface area (TPSA) is 46.5 Å². The first-order valence-electron chi connectivity index (χ1n) is 5.51. The van der Waals surface area contributed by atoms with Crippen molar-refractivity contribution in [3.05, 3.63) is 0 Å². The van der Waals surface area contributed by atoms with E-state index >= 15 is 0 Å². The van der Waals surface area contributed by atoms with E-state index in [0.29, 0.717) is 12.3 Å². The Kier molecular flexibility index (Phi) is 4.39. The summed E-state index contributed by atoms with van der Waals surface area (Å²) in [6.07, 6.45) is 4.58. The Morgan fingerprint density at radius 1 is 1.57 bits per heavy atom. The largest absolute Gasteiger partial charge is 0.479 e. The molecule has 3 nitrogen and oxygen atoms in total. The highest BCUT2D eigenvalue weighted by molar-refractivity contribution is 5.72. The lowest BCUT2D eigenvalue weighted by atomic mass is 9.88. The van der Waals surface area contributed by atoms with Gasteiger partial charge in [0.05, 0.1) is 6.10 Å². The second-order valence-electron chi connectivity index (χ2n) is 4.26. The van der Waals surface area contributed by atoms with E-state index in [1.165, 1.54) is 12.8 Å². The lowest BCUT2D eigenvalue weighted by Crippen LogP contribution is -2.31. The summed E-state index contributed by atoms with van der Waals surface area (Å²) < 4.78 is 5.57. The minimum Gasteiger partial charge on any atom is -0.479 e. The first-order valence-corrected chi connectivity index (χ1v) is 5.51. The zero-order chi connectivity index (χ0) is 10.6. The fourth-order valence-electron chi connectivity index (χ4n) is 2.06. The van der Waals surface area contributed by atoms with Gasteiger partial charge in [0, 0.05) is 0 Å². The molecule has 1 saturated carbocycles.